The molecule has 0 saturated carbocycles. The number of carbonyl (C=O) groups excluding carboxylic acids is 1. The van der Waals surface area contributed by atoms with E-state index in [2.05, 4.69) is 5.32 Å². The van der Waals surface area contributed by atoms with E-state index in [1.165, 1.54) is 0 Å². The monoisotopic (exact) mass is 215 g/mol. The normalized spacial score (nSPS) is 22.7. The van der Waals surface area contributed by atoms with Crippen molar-refractivity contribution in [2.45, 2.75) is 51.2 Å². The molecule has 0 aromatic heterocycles. The number of hydrogen-bond acceptors (Lipinski definition) is 3. The largest absolute Gasteiger partial charge is 0.396 e. The molecule has 1 fully saturated rings. The average Bonchev–Trinajstić information content (AvgIpc) is 2.70. The van der Waals surface area contributed by atoms with Crippen LogP contribution in [0.15, 0.2) is 0 Å². The average molecular weight is 215 g/mol. The Morgan fingerprint density at radius 1 is 1.60 bits per heavy atom. The molecule has 4 heteroatoms. The van der Waals surface area contributed by atoms with Gasteiger partial charge in [0.05, 0.1) is 12.1 Å². The fourth-order valence-corrected chi connectivity index (χ4v) is 1.81. The number of carbonyl (C=O) groups is 1. The summed E-state index contributed by atoms with van der Waals surface area (Å²) in [4.78, 5) is 11.4. The van der Waals surface area contributed by atoms with Gasteiger partial charge < -0.3 is 15.2 Å². The van der Waals surface area contributed by atoms with Crippen LogP contribution in [0.2, 0.25) is 0 Å². The molecule has 0 bridgehead atoms. The van der Waals surface area contributed by atoms with E-state index in [1.807, 2.05) is 6.92 Å². The molecule has 1 aliphatic heterocycles. The second-order valence-corrected chi connectivity index (χ2v) is 4.09. The second-order valence-electron chi connectivity index (χ2n) is 4.09. The van der Waals surface area contributed by atoms with Gasteiger partial charge in [-0.3, -0.25) is 4.79 Å². The van der Waals surface area contributed by atoms with Crippen LogP contribution in [-0.4, -0.2) is 36.4 Å². The minimum Gasteiger partial charge on any atom is -0.396 e. The predicted octanol–water partition coefficient (Wildman–Crippen LogP) is 0.833. The first kappa shape index (κ1) is 12.5. The van der Waals surface area contributed by atoms with E-state index in [1.54, 1.807) is 0 Å². The summed E-state index contributed by atoms with van der Waals surface area (Å²) in [6, 6.07) is 0.106. The third kappa shape index (κ3) is 4.62. The first-order chi connectivity index (χ1) is 7.24. The van der Waals surface area contributed by atoms with Crippen LogP contribution in [-0.2, 0) is 9.53 Å². The van der Waals surface area contributed by atoms with Crippen molar-refractivity contribution in [3.05, 3.63) is 0 Å². The fraction of sp³-hybridized carbons (Fsp3) is 0.909. The lowest BCUT2D eigenvalue weighted by atomic mass is 10.1. The maximum absolute atomic E-state index is 11.4. The summed E-state index contributed by atoms with van der Waals surface area (Å²) in [6.45, 7) is 2.96. The number of aliphatic hydroxyl groups is 1. The highest BCUT2D eigenvalue weighted by Crippen LogP contribution is 2.15. The molecule has 0 aromatic rings. The van der Waals surface area contributed by atoms with Crippen LogP contribution >= 0.6 is 0 Å². The number of hydrogen-bond donors (Lipinski definition) is 2. The van der Waals surface area contributed by atoms with Crippen molar-refractivity contribution in [1.29, 1.82) is 0 Å². The molecule has 1 saturated heterocycles. The van der Waals surface area contributed by atoms with E-state index in [4.69, 9.17) is 9.84 Å². The van der Waals surface area contributed by atoms with Crippen molar-refractivity contribution in [3.8, 4) is 0 Å². The zero-order chi connectivity index (χ0) is 11.1. The Balaban J connectivity index is 2.13. The molecule has 2 N–H and O–H groups in total. The molecule has 0 aromatic carbocycles. The predicted molar refractivity (Wildman–Crippen MR) is 57.5 cm³/mol. The van der Waals surface area contributed by atoms with Crippen molar-refractivity contribution < 1.29 is 14.6 Å². The molecule has 1 rings (SSSR count). The highest BCUT2D eigenvalue weighted by molar-refractivity contribution is 5.76. The quantitative estimate of drug-likeness (QED) is 0.645. The molecular weight excluding hydrogens is 194 g/mol. The zero-order valence-corrected chi connectivity index (χ0v) is 9.37. The Morgan fingerprint density at radius 3 is 3.00 bits per heavy atom. The van der Waals surface area contributed by atoms with Gasteiger partial charge >= 0.3 is 0 Å². The van der Waals surface area contributed by atoms with Crippen molar-refractivity contribution in [1.82, 2.24) is 5.32 Å². The molecule has 0 spiro atoms. The van der Waals surface area contributed by atoms with E-state index in [9.17, 15) is 4.79 Å². The molecule has 2 atom stereocenters. The molecular formula is C11H21NO3. The molecule has 1 amide bonds. The van der Waals surface area contributed by atoms with E-state index in [-0.39, 0.29) is 24.7 Å². The highest BCUT2D eigenvalue weighted by Gasteiger charge is 2.23. The summed E-state index contributed by atoms with van der Waals surface area (Å²) in [5, 5.41) is 11.5. The summed E-state index contributed by atoms with van der Waals surface area (Å²) >= 11 is 0. The summed E-state index contributed by atoms with van der Waals surface area (Å²) in [7, 11) is 0. The van der Waals surface area contributed by atoms with Crippen LogP contribution in [0.5, 0.6) is 0 Å². The smallest absolute Gasteiger partial charge is 0.220 e. The molecule has 0 aliphatic carbocycles. The summed E-state index contributed by atoms with van der Waals surface area (Å²) in [5.41, 5.74) is 0. The van der Waals surface area contributed by atoms with Gasteiger partial charge in [0, 0.05) is 19.6 Å². The molecule has 0 radical (unpaired) electrons. The SMILES string of the molecule is CC(NC(=O)CCCCO)C1CCCO1. The summed E-state index contributed by atoms with van der Waals surface area (Å²) in [6.07, 6.45) is 4.26. The van der Waals surface area contributed by atoms with Crippen molar-refractivity contribution in [3.63, 3.8) is 0 Å². The van der Waals surface area contributed by atoms with E-state index in [0.717, 1.165) is 25.9 Å². The number of nitrogens with one attached hydrogen (secondary N) is 1. The van der Waals surface area contributed by atoms with E-state index in [0.29, 0.717) is 12.8 Å². The lowest BCUT2D eigenvalue weighted by molar-refractivity contribution is -0.122. The molecule has 1 aliphatic rings. The Kier molecular flexibility index (Phi) is 5.65. The molecule has 1 heterocycles. The highest BCUT2D eigenvalue weighted by atomic mass is 16.5. The van der Waals surface area contributed by atoms with Gasteiger partial charge in [0.25, 0.3) is 0 Å². The van der Waals surface area contributed by atoms with Gasteiger partial charge in [-0.25, -0.2) is 0 Å². The number of rotatable bonds is 6. The van der Waals surface area contributed by atoms with Gasteiger partial charge in [0.1, 0.15) is 0 Å². The summed E-state index contributed by atoms with van der Waals surface area (Å²) in [5.74, 6) is 0.0615. The van der Waals surface area contributed by atoms with Gasteiger partial charge in [-0.1, -0.05) is 0 Å². The Hall–Kier alpha value is -0.610. The maximum atomic E-state index is 11.4. The topological polar surface area (TPSA) is 58.6 Å². The van der Waals surface area contributed by atoms with Crippen LogP contribution in [0.4, 0.5) is 0 Å². The number of amides is 1. The first-order valence-corrected chi connectivity index (χ1v) is 5.76. The van der Waals surface area contributed by atoms with Crippen LogP contribution in [0.1, 0.15) is 39.0 Å². The minimum absolute atomic E-state index is 0.0615. The number of aliphatic hydroxyl groups excluding tert-OH is 1. The van der Waals surface area contributed by atoms with Crippen LogP contribution < -0.4 is 5.32 Å². The minimum atomic E-state index is 0.0615. The first-order valence-electron chi connectivity index (χ1n) is 5.76. The third-order valence-corrected chi connectivity index (χ3v) is 2.72. The van der Waals surface area contributed by atoms with Gasteiger partial charge in [0.15, 0.2) is 0 Å². The standard InChI is InChI=1S/C11H21NO3/c1-9(10-5-4-8-15-10)12-11(14)6-2-3-7-13/h9-10,13H,2-8H2,1H3,(H,12,14). The van der Waals surface area contributed by atoms with Crippen molar-refractivity contribution in [2.75, 3.05) is 13.2 Å². The van der Waals surface area contributed by atoms with Crippen LogP contribution in [0.25, 0.3) is 0 Å². The lowest BCUT2D eigenvalue weighted by Gasteiger charge is -2.19. The Labute approximate surface area is 91.0 Å². The molecule has 15 heavy (non-hydrogen) atoms. The molecule has 4 nitrogen and oxygen atoms in total. The lowest BCUT2D eigenvalue weighted by Crippen LogP contribution is -2.40. The van der Waals surface area contributed by atoms with Gasteiger partial charge in [-0.15, -0.1) is 0 Å². The maximum Gasteiger partial charge on any atom is 0.220 e. The van der Waals surface area contributed by atoms with Gasteiger partial charge in [0.2, 0.25) is 5.91 Å². The van der Waals surface area contributed by atoms with Crippen molar-refractivity contribution in [2.24, 2.45) is 0 Å². The second kappa shape index (κ2) is 6.80. The third-order valence-electron chi connectivity index (χ3n) is 2.72. The summed E-state index contributed by atoms with van der Waals surface area (Å²) < 4.78 is 5.49. The number of ether oxygens (including phenoxy) is 1. The fourth-order valence-electron chi connectivity index (χ4n) is 1.81. The molecule has 88 valence electrons. The van der Waals surface area contributed by atoms with E-state index < -0.39 is 0 Å². The van der Waals surface area contributed by atoms with Crippen LogP contribution in [0.3, 0.4) is 0 Å². The van der Waals surface area contributed by atoms with E-state index >= 15 is 0 Å². The zero-order valence-electron chi connectivity index (χ0n) is 9.37. The molecule has 2 unspecified atom stereocenters. The van der Waals surface area contributed by atoms with Gasteiger partial charge in [-0.05, 0) is 32.6 Å². The Morgan fingerprint density at radius 2 is 2.40 bits per heavy atom. The van der Waals surface area contributed by atoms with Crippen LogP contribution in [0, 0.1) is 0 Å². The van der Waals surface area contributed by atoms with Crippen molar-refractivity contribution >= 4 is 5.91 Å². The number of unbranched alkanes of at least 4 members (excludes halogenated alkanes) is 1. The Bertz CT molecular complexity index is 190. The van der Waals surface area contributed by atoms with Gasteiger partial charge in [-0.2, -0.15) is 0 Å².